The predicted octanol–water partition coefficient (Wildman–Crippen LogP) is 16.3. The summed E-state index contributed by atoms with van der Waals surface area (Å²) >= 11 is 0. The van der Waals surface area contributed by atoms with Crippen LogP contribution in [0.2, 0.25) is 0 Å². The summed E-state index contributed by atoms with van der Waals surface area (Å²) < 4.78 is 0. The molecule has 0 aliphatic heterocycles. The zero-order valence-electron chi connectivity index (χ0n) is 38.1. The van der Waals surface area contributed by atoms with Crippen LogP contribution in [0.25, 0.3) is 86.2 Å². The number of hydrogen-bond acceptors (Lipinski definition) is 3. The molecule has 0 radical (unpaired) electrons. The molecule has 0 heterocycles. The highest BCUT2D eigenvalue weighted by atomic mass is 16.3. The van der Waals surface area contributed by atoms with Crippen LogP contribution in [0.1, 0.15) is 57.8 Å². The van der Waals surface area contributed by atoms with Crippen LogP contribution in [-0.4, -0.2) is 29.5 Å². The van der Waals surface area contributed by atoms with Crippen molar-refractivity contribution in [3.05, 3.63) is 217 Å². The van der Waals surface area contributed by atoms with Crippen LogP contribution in [0.4, 0.5) is 0 Å². The second kappa shape index (κ2) is 22.5. The third-order valence-corrected chi connectivity index (χ3v) is 11.5. The minimum Gasteiger partial charge on any atom is -0.400 e. The van der Waals surface area contributed by atoms with Gasteiger partial charge < -0.3 is 15.3 Å². The van der Waals surface area contributed by atoms with Crippen LogP contribution in [0.5, 0.6) is 0 Å². The van der Waals surface area contributed by atoms with Crippen LogP contribution < -0.4 is 0 Å². The van der Waals surface area contributed by atoms with E-state index in [1.165, 1.54) is 91.7 Å². The van der Waals surface area contributed by atoms with Crippen LogP contribution in [0.15, 0.2) is 206 Å². The van der Waals surface area contributed by atoms with E-state index in [2.05, 4.69) is 190 Å². The molecule has 12 aromatic rings. The quantitative estimate of drug-likeness (QED) is 0.152. The Morgan fingerprint density at radius 1 is 0.266 bits per heavy atom. The van der Waals surface area contributed by atoms with E-state index in [-0.39, 0.29) is 6.10 Å². The molecule has 0 fully saturated rings. The standard InChI is InChI=1S/2C16H10.C13H14.C12H12O.C2H6.2CH4O/c2*1-3-11-7-9-13-5-2-6-14-10-8-12(4-1)15(11)16(13)14;1-10(2)12-8-7-11-5-3-4-6-13(11)9-12;1-9(13)11-7-6-10-4-2-3-5-12(10)8-11;3*1-2/h2*1-10H;3-10H,1-2H3;2-9,13H,1H3;1-2H3;2*2H,1H3. The molecule has 1 atom stereocenters. The first-order chi connectivity index (χ1) is 31.4. The van der Waals surface area contributed by atoms with Crippen molar-refractivity contribution in [2.45, 2.75) is 46.6 Å². The average molecular weight is 841 g/mol. The summed E-state index contributed by atoms with van der Waals surface area (Å²) in [4.78, 5) is 0. The molecular formula is C61H60O3. The Hall–Kier alpha value is -6.88. The largest absolute Gasteiger partial charge is 0.400 e. The Kier molecular flexibility index (Phi) is 16.4. The molecule has 12 aromatic carbocycles. The lowest BCUT2D eigenvalue weighted by atomic mass is 9.95. The SMILES string of the molecule is CC.CC(C)c1ccc2ccccc2c1.CC(O)c1ccc2ccccc2c1.CO.CO.c1cc2ccc3cccc4ccc(c1)c2c34.c1cc2ccc3cccc4ccc(c1)c2c34. The van der Waals surface area contributed by atoms with Gasteiger partial charge in [-0.3, -0.25) is 0 Å². The molecular weight excluding hydrogens is 781 g/mol. The third kappa shape index (κ3) is 10.3. The van der Waals surface area contributed by atoms with Crippen LogP contribution >= 0.6 is 0 Å². The van der Waals surface area contributed by atoms with Crippen LogP contribution in [0.3, 0.4) is 0 Å². The van der Waals surface area contributed by atoms with Crippen molar-refractivity contribution in [1.29, 1.82) is 0 Å². The summed E-state index contributed by atoms with van der Waals surface area (Å²) in [5, 5.41) is 44.7. The molecule has 1 unspecified atom stereocenters. The summed E-state index contributed by atoms with van der Waals surface area (Å²) in [5.74, 6) is 0.615. The summed E-state index contributed by atoms with van der Waals surface area (Å²) in [5.41, 5.74) is 2.39. The van der Waals surface area contributed by atoms with E-state index < -0.39 is 0 Å². The fourth-order valence-corrected chi connectivity index (χ4v) is 8.37. The van der Waals surface area contributed by atoms with E-state index in [0.717, 1.165) is 19.8 Å². The van der Waals surface area contributed by atoms with Gasteiger partial charge >= 0.3 is 0 Å². The second-order valence-electron chi connectivity index (χ2n) is 15.6. The first kappa shape index (κ1) is 46.6. The van der Waals surface area contributed by atoms with Crippen LogP contribution in [0, 0.1) is 0 Å². The lowest BCUT2D eigenvalue weighted by Gasteiger charge is -2.09. The Morgan fingerprint density at radius 3 is 0.750 bits per heavy atom. The molecule has 3 heteroatoms. The Balaban J connectivity index is 0.000000137. The first-order valence-corrected chi connectivity index (χ1v) is 22.2. The molecule has 0 saturated heterocycles. The topological polar surface area (TPSA) is 60.7 Å². The lowest BCUT2D eigenvalue weighted by molar-refractivity contribution is 0.199. The van der Waals surface area contributed by atoms with Gasteiger partial charge in [-0.2, -0.15) is 0 Å². The molecule has 0 spiro atoms. The lowest BCUT2D eigenvalue weighted by Crippen LogP contribution is -1.89. The van der Waals surface area contributed by atoms with E-state index in [4.69, 9.17) is 10.2 Å². The van der Waals surface area contributed by atoms with E-state index in [1.807, 2.05) is 44.2 Å². The monoisotopic (exact) mass is 840 g/mol. The van der Waals surface area contributed by atoms with Gasteiger partial charge in [0.15, 0.2) is 0 Å². The number of aliphatic hydroxyl groups is 3. The predicted molar refractivity (Wildman–Crippen MR) is 281 cm³/mol. The minimum atomic E-state index is -0.385. The number of aliphatic hydroxyl groups excluding tert-OH is 3. The van der Waals surface area contributed by atoms with Crippen molar-refractivity contribution >= 4 is 86.2 Å². The van der Waals surface area contributed by atoms with Gasteiger partial charge in [-0.05, 0) is 116 Å². The van der Waals surface area contributed by atoms with E-state index >= 15 is 0 Å². The van der Waals surface area contributed by atoms with Crippen molar-refractivity contribution in [2.24, 2.45) is 0 Å². The Labute approximate surface area is 378 Å². The van der Waals surface area contributed by atoms with Gasteiger partial charge in [0.05, 0.1) is 6.10 Å². The minimum absolute atomic E-state index is 0.385. The van der Waals surface area contributed by atoms with Crippen molar-refractivity contribution in [3.63, 3.8) is 0 Å². The Bertz CT molecular complexity index is 2830. The molecule has 3 N–H and O–H groups in total. The molecule has 322 valence electrons. The second-order valence-corrected chi connectivity index (χ2v) is 15.6. The van der Waals surface area contributed by atoms with E-state index in [1.54, 1.807) is 6.92 Å². The maximum atomic E-state index is 9.38. The summed E-state index contributed by atoms with van der Waals surface area (Å²) in [6.45, 7) is 10.2. The molecule has 0 aliphatic carbocycles. The number of benzene rings is 12. The maximum Gasteiger partial charge on any atom is 0.0762 e. The zero-order chi connectivity index (χ0) is 45.6. The summed E-state index contributed by atoms with van der Waals surface area (Å²) in [7, 11) is 2.00. The number of rotatable bonds is 2. The zero-order valence-corrected chi connectivity index (χ0v) is 38.1. The van der Waals surface area contributed by atoms with Crippen molar-refractivity contribution in [1.82, 2.24) is 0 Å². The molecule has 0 aliphatic rings. The molecule has 0 amide bonds. The third-order valence-electron chi connectivity index (χ3n) is 11.5. The van der Waals surface area contributed by atoms with Crippen molar-refractivity contribution in [2.75, 3.05) is 14.2 Å². The summed E-state index contributed by atoms with van der Waals surface area (Å²) in [6, 6.07) is 73.1. The maximum absolute atomic E-state index is 9.38. The van der Waals surface area contributed by atoms with Gasteiger partial charge in [0.2, 0.25) is 0 Å². The molecule has 12 rings (SSSR count). The number of hydrogen-bond donors (Lipinski definition) is 3. The fourth-order valence-electron chi connectivity index (χ4n) is 8.37. The van der Waals surface area contributed by atoms with Gasteiger partial charge in [-0.1, -0.05) is 228 Å². The molecule has 0 aromatic heterocycles. The van der Waals surface area contributed by atoms with Crippen LogP contribution in [-0.2, 0) is 0 Å². The van der Waals surface area contributed by atoms with E-state index in [9.17, 15) is 5.11 Å². The Morgan fingerprint density at radius 2 is 0.484 bits per heavy atom. The van der Waals surface area contributed by atoms with Gasteiger partial charge in [0.1, 0.15) is 0 Å². The highest BCUT2D eigenvalue weighted by Gasteiger charge is 2.08. The van der Waals surface area contributed by atoms with Gasteiger partial charge in [0.25, 0.3) is 0 Å². The van der Waals surface area contributed by atoms with Crippen molar-refractivity contribution in [3.8, 4) is 0 Å². The van der Waals surface area contributed by atoms with Gasteiger partial charge in [0, 0.05) is 14.2 Å². The van der Waals surface area contributed by atoms with E-state index in [0.29, 0.717) is 5.92 Å². The van der Waals surface area contributed by atoms with Gasteiger partial charge in [-0.15, -0.1) is 0 Å². The number of fused-ring (bicyclic) bond motifs is 2. The average Bonchev–Trinajstić information content (AvgIpc) is 3.37. The molecule has 3 nitrogen and oxygen atoms in total. The smallest absolute Gasteiger partial charge is 0.0762 e. The highest BCUT2D eigenvalue weighted by Crippen LogP contribution is 2.35. The molecule has 0 saturated carbocycles. The fraction of sp³-hybridized carbons (Fsp3) is 0.148. The highest BCUT2D eigenvalue weighted by molar-refractivity contribution is 6.24. The summed E-state index contributed by atoms with van der Waals surface area (Å²) in [6.07, 6.45) is -0.385. The molecule has 64 heavy (non-hydrogen) atoms. The molecule has 0 bridgehead atoms. The van der Waals surface area contributed by atoms with Gasteiger partial charge in [-0.25, -0.2) is 0 Å². The normalized spacial score (nSPS) is 11.0. The van der Waals surface area contributed by atoms with Crippen molar-refractivity contribution < 1.29 is 15.3 Å². The first-order valence-electron chi connectivity index (χ1n) is 22.2.